The van der Waals surface area contributed by atoms with Crippen LogP contribution in [0, 0.1) is 0 Å². The first-order chi connectivity index (χ1) is 12.0. The van der Waals surface area contributed by atoms with Gasteiger partial charge in [-0.15, -0.1) is 0 Å². The van der Waals surface area contributed by atoms with Crippen molar-refractivity contribution in [3.8, 4) is 5.75 Å². The number of carbonyl (C=O) groups excluding carboxylic acids is 2. The van der Waals surface area contributed by atoms with E-state index >= 15 is 0 Å². The number of hydrogen-bond donors (Lipinski definition) is 2. The van der Waals surface area contributed by atoms with Crippen molar-refractivity contribution in [1.82, 2.24) is 10.6 Å². The van der Waals surface area contributed by atoms with Crippen LogP contribution >= 0.6 is 0 Å². The summed E-state index contributed by atoms with van der Waals surface area (Å²) in [6.07, 6.45) is 0.720. The van der Waals surface area contributed by atoms with Crippen LogP contribution in [0.4, 0.5) is 0 Å². The number of methoxy groups -OCH3 is 1. The average molecular weight is 340 g/mol. The lowest BCUT2D eigenvalue weighted by atomic mass is 10.1. The molecule has 0 bridgehead atoms. The highest BCUT2D eigenvalue weighted by atomic mass is 16.5. The van der Waals surface area contributed by atoms with Gasteiger partial charge in [0.15, 0.2) is 0 Å². The van der Waals surface area contributed by atoms with E-state index < -0.39 is 0 Å². The highest BCUT2D eigenvalue weighted by molar-refractivity contribution is 5.97. The zero-order valence-electron chi connectivity index (χ0n) is 14.8. The van der Waals surface area contributed by atoms with Crippen LogP contribution in [0.1, 0.15) is 40.1 Å². The van der Waals surface area contributed by atoms with Gasteiger partial charge in [0.25, 0.3) is 11.8 Å². The van der Waals surface area contributed by atoms with Gasteiger partial charge in [0.2, 0.25) is 0 Å². The van der Waals surface area contributed by atoms with Gasteiger partial charge in [-0.2, -0.15) is 0 Å². The highest BCUT2D eigenvalue weighted by Gasteiger charge is 2.09. The van der Waals surface area contributed by atoms with Crippen molar-refractivity contribution in [3.63, 3.8) is 0 Å². The molecule has 5 heteroatoms. The van der Waals surface area contributed by atoms with Crippen LogP contribution in [0.25, 0.3) is 0 Å². The summed E-state index contributed by atoms with van der Waals surface area (Å²) in [5, 5.41) is 5.71. The zero-order chi connectivity index (χ0) is 18.2. The molecule has 25 heavy (non-hydrogen) atoms. The molecule has 0 unspecified atom stereocenters. The van der Waals surface area contributed by atoms with Gasteiger partial charge in [-0.25, -0.2) is 0 Å². The Morgan fingerprint density at radius 2 is 1.64 bits per heavy atom. The Bertz CT molecular complexity index is 724. The van der Waals surface area contributed by atoms with E-state index in [0.717, 1.165) is 17.7 Å². The lowest BCUT2D eigenvalue weighted by molar-refractivity contribution is 0.0935. The molecule has 0 spiro atoms. The van der Waals surface area contributed by atoms with E-state index in [0.29, 0.717) is 17.7 Å². The second-order valence-corrected chi connectivity index (χ2v) is 6.06. The van der Waals surface area contributed by atoms with Gasteiger partial charge in [0.1, 0.15) is 5.75 Å². The summed E-state index contributed by atoms with van der Waals surface area (Å²) >= 11 is 0. The molecule has 2 aromatic carbocycles. The molecule has 2 aromatic rings. The number of nitrogens with one attached hydrogen (secondary N) is 2. The van der Waals surface area contributed by atoms with Crippen LogP contribution in [0.2, 0.25) is 0 Å². The van der Waals surface area contributed by atoms with Crippen LogP contribution in [0.15, 0.2) is 48.5 Å². The molecular weight excluding hydrogens is 316 g/mol. The lowest BCUT2D eigenvalue weighted by Gasteiger charge is -2.09. The van der Waals surface area contributed by atoms with Crippen LogP contribution in [-0.4, -0.2) is 31.5 Å². The first-order valence-corrected chi connectivity index (χ1v) is 8.31. The fraction of sp³-hybridized carbons (Fsp3) is 0.300. The molecule has 0 saturated carbocycles. The molecule has 5 nitrogen and oxygen atoms in total. The second kappa shape index (κ2) is 8.87. The van der Waals surface area contributed by atoms with Crippen molar-refractivity contribution in [2.24, 2.45) is 0 Å². The molecule has 0 saturated heterocycles. The minimum Gasteiger partial charge on any atom is -0.497 e. The average Bonchev–Trinajstić information content (AvgIpc) is 2.61. The van der Waals surface area contributed by atoms with E-state index in [2.05, 4.69) is 10.6 Å². The predicted molar refractivity (Wildman–Crippen MR) is 98.1 cm³/mol. The summed E-state index contributed by atoms with van der Waals surface area (Å²) < 4.78 is 5.19. The predicted octanol–water partition coefficient (Wildman–Crippen LogP) is 2.81. The number of carbonyl (C=O) groups is 2. The topological polar surface area (TPSA) is 67.4 Å². The molecule has 2 rings (SSSR count). The maximum absolute atomic E-state index is 12.2. The third-order valence-electron chi connectivity index (χ3n) is 3.66. The maximum atomic E-state index is 12.2. The van der Waals surface area contributed by atoms with E-state index in [1.165, 1.54) is 0 Å². The summed E-state index contributed by atoms with van der Waals surface area (Å²) in [6.45, 7) is 4.34. The number of amides is 2. The van der Waals surface area contributed by atoms with Crippen molar-refractivity contribution in [2.75, 3.05) is 13.7 Å². The van der Waals surface area contributed by atoms with Crippen LogP contribution in [0.3, 0.4) is 0 Å². The van der Waals surface area contributed by atoms with Crippen LogP contribution in [0.5, 0.6) is 5.75 Å². The number of hydrogen-bond acceptors (Lipinski definition) is 3. The Balaban J connectivity index is 1.87. The third kappa shape index (κ3) is 5.64. The Hall–Kier alpha value is -2.82. The van der Waals surface area contributed by atoms with Gasteiger partial charge in [-0.1, -0.05) is 12.1 Å². The monoisotopic (exact) mass is 340 g/mol. The van der Waals surface area contributed by atoms with E-state index in [-0.39, 0.29) is 17.9 Å². The van der Waals surface area contributed by atoms with E-state index in [1.807, 2.05) is 38.1 Å². The number of ether oxygens (including phenoxy) is 1. The van der Waals surface area contributed by atoms with Crippen molar-refractivity contribution in [2.45, 2.75) is 26.3 Å². The van der Waals surface area contributed by atoms with E-state index in [1.54, 1.807) is 31.4 Å². The lowest BCUT2D eigenvalue weighted by Crippen LogP contribution is -2.30. The summed E-state index contributed by atoms with van der Waals surface area (Å²) in [7, 11) is 1.63. The zero-order valence-corrected chi connectivity index (χ0v) is 14.8. The van der Waals surface area contributed by atoms with Crippen LogP contribution in [-0.2, 0) is 6.42 Å². The normalized spacial score (nSPS) is 10.4. The molecule has 0 fully saturated rings. The molecule has 2 N–H and O–H groups in total. The minimum atomic E-state index is -0.154. The summed E-state index contributed by atoms with van der Waals surface area (Å²) in [4.78, 5) is 24.1. The van der Waals surface area contributed by atoms with Crippen molar-refractivity contribution >= 4 is 11.8 Å². The Morgan fingerprint density at radius 3 is 2.24 bits per heavy atom. The summed E-state index contributed by atoms with van der Waals surface area (Å²) in [5.41, 5.74) is 2.17. The number of rotatable bonds is 7. The largest absolute Gasteiger partial charge is 0.497 e. The fourth-order valence-corrected chi connectivity index (χ4v) is 2.37. The van der Waals surface area contributed by atoms with Crippen LogP contribution < -0.4 is 15.4 Å². The van der Waals surface area contributed by atoms with Crippen molar-refractivity contribution in [1.29, 1.82) is 0 Å². The first kappa shape index (κ1) is 18.5. The molecule has 0 aliphatic rings. The molecule has 0 heterocycles. The molecule has 0 aliphatic heterocycles. The fourth-order valence-electron chi connectivity index (χ4n) is 2.37. The van der Waals surface area contributed by atoms with Crippen molar-refractivity contribution < 1.29 is 14.3 Å². The van der Waals surface area contributed by atoms with Gasteiger partial charge in [0.05, 0.1) is 7.11 Å². The molecule has 132 valence electrons. The standard InChI is InChI=1S/C20H24N2O3/c1-14(2)22-20(24)17-9-7-16(8-10-17)19(23)21-12-11-15-5-4-6-18(13-15)25-3/h4-10,13-14H,11-12H2,1-3H3,(H,21,23)(H,22,24). The van der Waals surface area contributed by atoms with Gasteiger partial charge in [-0.05, 0) is 62.2 Å². The SMILES string of the molecule is COc1cccc(CCNC(=O)c2ccc(C(=O)NC(C)C)cc2)c1. The number of benzene rings is 2. The maximum Gasteiger partial charge on any atom is 0.251 e. The molecule has 0 atom stereocenters. The quantitative estimate of drug-likeness (QED) is 0.814. The smallest absolute Gasteiger partial charge is 0.251 e. The molecule has 0 aromatic heterocycles. The molecule has 0 aliphatic carbocycles. The summed E-state index contributed by atoms with van der Waals surface area (Å²) in [6, 6.07) is 14.5. The Morgan fingerprint density at radius 1 is 1.00 bits per heavy atom. The van der Waals surface area contributed by atoms with E-state index in [9.17, 15) is 9.59 Å². The minimum absolute atomic E-state index is 0.0760. The molecule has 0 radical (unpaired) electrons. The van der Waals surface area contributed by atoms with Crippen molar-refractivity contribution in [3.05, 3.63) is 65.2 Å². The Labute approximate surface area is 148 Å². The molecular formula is C20H24N2O3. The molecule has 2 amide bonds. The second-order valence-electron chi connectivity index (χ2n) is 6.06. The van der Waals surface area contributed by atoms with Gasteiger partial charge >= 0.3 is 0 Å². The van der Waals surface area contributed by atoms with E-state index in [4.69, 9.17) is 4.74 Å². The first-order valence-electron chi connectivity index (χ1n) is 8.31. The third-order valence-corrected chi connectivity index (χ3v) is 3.66. The van der Waals surface area contributed by atoms with Gasteiger partial charge < -0.3 is 15.4 Å². The van der Waals surface area contributed by atoms with Gasteiger partial charge in [-0.3, -0.25) is 9.59 Å². The Kier molecular flexibility index (Phi) is 6.57. The summed E-state index contributed by atoms with van der Waals surface area (Å²) in [5.74, 6) is 0.512. The van der Waals surface area contributed by atoms with Gasteiger partial charge in [0, 0.05) is 23.7 Å². The highest BCUT2D eigenvalue weighted by Crippen LogP contribution is 2.12.